The summed E-state index contributed by atoms with van der Waals surface area (Å²) >= 11 is 6.00. The van der Waals surface area contributed by atoms with Crippen LogP contribution in [0, 0.1) is 5.82 Å². The van der Waals surface area contributed by atoms with Gasteiger partial charge in [0.15, 0.2) is 6.61 Å². The van der Waals surface area contributed by atoms with Crippen LogP contribution in [-0.4, -0.2) is 31.0 Å². The van der Waals surface area contributed by atoms with E-state index in [1.807, 2.05) is 0 Å². The van der Waals surface area contributed by atoms with Gasteiger partial charge in [0, 0.05) is 22.1 Å². The predicted molar refractivity (Wildman–Crippen MR) is 143 cm³/mol. The van der Waals surface area contributed by atoms with E-state index in [0.717, 1.165) is 0 Å². The summed E-state index contributed by atoms with van der Waals surface area (Å²) in [5, 5.41) is 3.14. The standard InChI is InChI=1S/C29H24ClFN2O5/c1-3-37-29(36)27-18(2)33(23-12-6-20(30)7-13-23)28(35)25(27)16-19-4-14-24(15-5-19)38-17-26(34)32-22-10-8-21(31)9-11-22/h4-16H,3,17H2,1-2H3,(H,32,34)/b25-16-. The Morgan fingerprint density at radius 1 is 1.00 bits per heavy atom. The molecule has 1 N–H and O–H groups in total. The maximum absolute atomic E-state index is 13.4. The van der Waals surface area contributed by atoms with Gasteiger partial charge >= 0.3 is 5.97 Å². The fourth-order valence-electron chi connectivity index (χ4n) is 3.89. The number of anilines is 2. The number of benzene rings is 3. The Bertz CT molecular complexity index is 1410. The van der Waals surface area contributed by atoms with Gasteiger partial charge in [-0.3, -0.25) is 14.5 Å². The fraction of sp³-hybridized carbons (Fsp3) is 0.138. The van der Waals surface area contributed by atoms with Crippen molar-refractivity contribution in [2.75, 3.05) is 23.4 Å². The molecule has 0 unspecified atom stereocenters. The van der Waals surface area contributed by atoms with E-state index in [1.165, 1.54) is 29.2 Å². The number of hydrogen-bond donors (Lipinski definition) is 1. The Morgan fingerprint density at radius 3 is 2.29 bits per heavy atom. The van der Waals surface area contributed by atoms with Gasteiger partial charge in [0.1, 0.15) is 11.6 Å². The topological polar surface area (TPSA) is 84.9 Å². The number of carbonyl (C=O) groups excluding carboxylic acids is 3. The van der Waals surface area contributed by atoms with Crippen LogP contribution in [0.25, 0.3) is 6.08 Å². The monoisotopic (exact) mass is 534 g/mol. The molecule has 0 spiro atoms. The molecule has 0 saturated carbocycles. The maximum Gasteiger partial charge on any atom is 0.340 e. The summed E-state index contributed by atoms with van der Waals surface area (Å²) in [4.78, 5) is 39.8. The fourth-order valence-corrected chi connectivity index (χ4v) is 4.01. The minimum Gasteiger partial charge on any atom is -0.484 e. The molecular formula is C29H24ClFN2O5. The molecule has 3 aromatic rings. The van der Waals surface area contributed by atoms with Gasteiger partial charge in [-0.2, -0.15) is 0 Å². The second-order valence-electron chi connectivity index (χ2n) is 8.27. The summed E-state index contributed by atoms with van der Waals surface area (Å²) in [6, 6.07) is 18.8. The highest BCUT2D eigenvalue weighted by Gasteiger charge is 2.38. The molecule has 7 nitrogen and oxygen atoms in total. The van der Waals surface area contributed by atoms with Crippen molar-refractivity contribution in [1.29, 1.82) is 0 Å². The molecule has 38 heavy (non-hydrogen) atoms. The lowest BCUT2D eigenvalue weighted by molar-refractivity contribution is -0.138. The van der Waals surface area contributed by atoms with Crippen molar-refractivity contribution in [2.45, 2.75) is 13.8 Å². The molecule has 9 heteroatoms. The minimum absolute atomic E-state index is 0.165. The number of nitrogens with zero attached hydrogens (tertiary/aromatic N) is 1. The number of nitrogens with one attached hydrogen (secondary N) is 1. The normalized spacial score (nSPS) is 14.2. The second kappa shape index (κ2) is 11.7. The van der Waals surface area contributed by atoms with Crippen LogP contribution in [0.4, 0.5) is 15.8 Å². The highest BCUT2D eigenvalue weighted by Crippen LogP contribution is 2.36. The van der Waals surface area contributed by atoms with Crippen molar-refractivity contribution in [3.8, 4) is 5.75 Å². The molecule has 1 aliphatic heterocycles. The molecule has 0 aliphatic carbocycles. The second-order valence-corrected chi connectivity index (χ2v) is 8.71. The zero-order valence-corrected chi connectivity index (χ0v) is 21.4. The van der Waals surface area contributed by atoms with E-state index in [-0.39, 0.29) is 30.3 Å². The Hall–Kier alpha value is -4.43. The summed E-state index contributed by atoms with van der Waals surface area (Å²) < 4.78 is 23.8. The van der Waals surface area contributed by atoms with E-state index in [1.54, 1.807) is 68.5 Å². The molecule has 194 valence electrons. The van der Waals surface area contributed by atoms with E-state index in [0.29, 0.717) is 33.4 Å². The van der Waals surface area contributed by atoms with E-state index >= 15 is 0 Å². The van der Waals surface area contributed by atoms with Crippen molar-refractivity contribution in [2.24, 2.45) is 0 Å². The number of ether oxygens (including phenoxy) is 2. The van der Waals surface area contributed by atoms with Crippen LogP contribution in [-0.2, 0) is 19.1 Å². The van der Waals surface area contributed by atoms with Crippen molar-refractivity contribution in [3.63, 3.8) is 0 Å². The largest absolute Gasteiger partial charge is 0.484 e. The number of allylic oxidation sites excluding steroid dienone is 1. The van der Waals surface area contributed by atoms with Crippen LogP contribution in [0.1, 0.15) is 19.4 Å². The lowest BCUT2D eigenvalue weighted by Gasteiger charge is -2.18. The zero-order chi connectivity index (χ0) is 27.2. The van der Waals surface area contributed by atoms with Gasteiger partial charge < -0.3 is 14.8 Å². The SMILES string of the molecule is CCOC(=O)C1=C(C)N(c2ccc(Cl)cc2)C(=O)/C1=C\c1ccc(OCC(=O)Nc2ccc(F)cc2)cc1. The Kier molecular flexibility index (Phi) is 8.23. The molecule has 0 fully saturated rings. The number of halogens is 2. The predicted octanol–water partition coefficient (Wildman–Crippen LogP) is 5.76. The first kappa shape index (κ1) is 26.6. The molecule has 0 aromatic heterocycles. The molecule has 1 aliphatic rings. The highest BCUT2D eigenvalue weighted by molar-refractivity contribution is 6.30. The van der Waals surface area contributed by atoms with E-state index in [2.05, 4.69) is 5.32 Å². The Balaban J connectivity index is 1.50. The third-order valence-electron chi connectivity index (χ3n) is 5.65. The van der Waals surface area contributed by atoms with Crippen LogP contribution in [0.3, 0.4) is 0 Å². The Labute approximate surface area is 224 Å². The molecule has 0 atom stereocenters. The average Bonchev–Trinajstić information content (AvgIpc) is 3.14. The molecule has 1 heterocycles. The molecular weight excluding hydrogens is 511 g/mol. The van der Waals surface area contributed by atoms with E-state index < -0.39 is 17.7 Å². The third-order valence-corrected chi connectivity index (χ3v) is 5.91. The van der Waals surface area contributed by atoms with Crippen molar-refractivity contribution >= 4 is 46.8 Å². The van der Waals surface area contributed by atoms with Gasteiger partial charge in [-0.1, -0.05) is 23.7 Å². The molecule has 3 aromatic carbocycles. The van der Waals surface area contributed by atoms with Gasteiger partial charge in [-0.05, 0) is 86.2 Å². The summed E-state index contributed by atoms with van der Waals surface area (Å²) in [5.74, 6) is -1.33. The Morgan fingerprint density at radius 2 is 1.66 bits per heavy atom. The summed E-state index contributed by atoms with van der Waals surface area (Å²) in [6.45, 7) is 3.30. The molecule has 2 amide bonds. The third kappa shape index (κ3) is 6.10. The summed E-state index contributed by atoms with van der Waals surface area (Å²) in [7, 11) is 0. The summed E-state index contributed by atoms with van der Waals surface area (Å²) in [6.07, 6.45) is 1.61. The molecule has 0 bridgehead atoms. The number of hydrogen-bond acceptors (Lipinski definition) is 5. The van der Waals surface area contributed by atoms with Crippen molar-refractivity contribution in [1.82, 2.24) is 0 Å². The van der Waals surface area contributed by atoms with Gasteiger partial charge in [0.2, 0.25) is 0 Å². The van der Waals surface area contributed by atoms with Gasteiger partial charge in [-0.25, -0.2) is 9.18 Å². The minimum atomic E-state index is -0.590. The van der Waals surface area contributed by atoms with Crippen LogP contribution >= 0.6 is 11.6 Å². The van der Waals surface area contributed by atoms with Gasteiger partial charge in [0.05, 0.1) is 17.8 Å². The zero-order valence-electron chi connectivity index (χ0n) is 20.7. The number of esters is 1. The van der Waals surface area contributed by atoms with Crippen LogP contribution in [0.2, 0.25) is 5.02 Å². The van der Waals surface area contributed by atoms with Gasteiger partial charge in [-0.15, -0.1) is 0 Å². The number of amides is 2. The van der Waals surface area contributed by atoms with E-state index in [9.17, 15) is 18.8 Å². The first-order valence-corrected chi connectivity index (χ1v) is 12.1. The lowest BCUT2D eigenvalue weighted by Crippen LogP contribution is -2.24. The average molecular weight is 535 g/mol. The first-order chi connectivity index (χ1) is 18.3. The van der Waals surface area contributed by atoms with Crippen molar-refractivity contribution in [3.05, 3.63) is 106 Å². The highest BCUT2D eigenvalue weighted by atomic mass is 35.5. The summed E-state index contributed by atoms with van der Waals surface area (Å²) in [5.41, 5.74) is 2.51. The first-order valence-electron chi connectivity index (χ1n) is 11.7. The quantitative estimate of drug-likeness (QED) is 0.293. The molecule has 0 saturated heterocycles. The van der Waals surface area contributed by atoms with Crippen LogP contribution in [0.15, 0.2) is 89.6 Å². The van der Waals surface area contributed by atoms with E-state index in [4.69, 9.17) is 21.1 Å². The van der Waals surface area contributed by atoms with Crippen molar-refractivity contribution < 1.29 is 28.2 Å². The van der Waals surface area contributed by atoms with Crippen LogP contribution < -0.4 is 15.0 Å². The van der Waals surface area contributed by atoms with Crippen LogP contribution in [0.5, 0.6) is 5.75 Å². The lowest BCUT2D eigenvalue weighted by atomic mass is 10.0. The smallest absolute Gasteiger partial charge is 0.340 e. The number of carbonyl (C=O) groups is 3. The van der Waals surface area contributed by atoms with Gasteiger partial charge in [0.25, 0.3) is 11.8 Å². The molecule has 4 rings (SSSR count). The number of rotatable bonds is 8. The molecule has 0 radical (unpaired) electrons. The maximum atomic E-state index is 13.4.